The molecule has 2 fully saturated rings. The van der Waals surface area contributed by atoms with Crippen LogP contribution < -0.4 is 0 Å². The Labute approximate surface area is 119 Å². The number of aryl methyl sites for hydroxylation is 1. The van der Waals surface area contributed by atoms with Crippen LogP contribution in [0.2, 0.25) is 0 Å². The normalized spacial score (nSPS) is 26.3. The maximum absolute atomic E-state index is 12.8. The molecule has 1 aromatic carbocycles. The molecule has 2 unspecified atom stereocenters. The van der Waals surface area contributed by atoms with Gasteiger partial charge >= 0.3 is 0 Å². The van der Waals surface area contributed by atoms with Crippen LogP contribution in [0.15, 0.2) is 23.1 Å². The Bertz CT molecular complexity index is 503. The Kier molecular flexibility index (Phi) is 3.54. The minimum absolute atomic E-state index is 0.133. The number of carbonyl (C=O) groups is 1. The van der Waals surface area contributed by atoms with Crippen molar-refractivity contribution in [3.63, 3.8) is 0 Å². The smallest absolute Gasteiger partial charge is 0.254 e. The molecular weight excluding hydrogens is 258 g/mol. The van der Waals surface area contributed by atoms with Gasteiger partial charge in [0.2, 0.25) is 0 Å². The predicted molar refractivity (Wildman–Crippen MR) is 76.8 cm³/mol. The summed E-state index contributed by atoms with van der Waals surface area (Å²) in [5.41, 5.74) is 1.80. The summed E-state index contributed by atoms with van der Waals surface area (Å²) in [6, 6.07) is 6.03. The third-order valence-corrected chi connectivity index (χ3v) is 4.47. The van der Waals surface area contributed by atoms with Crippen molar-refractivity contribution in [2.75, 3.05) is 13.2 Å². The lowest BCUT2D eigenvalue weighted by molar-refractivity contribution is -0.0445. The Balaban J connectivity index is 1.88. The fraction of sp³-hybridized carbons (Fsp3) is 0.533. The highest BCUT2D eigenvalue weighted by Crippen LogP contribution is 2.31. The number of ether oxygens (including phenoxy) is 1. The number of fused-ring (bicyclic) bond motifs is 1. The van der Waals surface area contributed by atoms with E-state index >= 15 is 0 Å². The topological polar surface area (TPSA) is 29.5 Å². The Hall–Kier alpha value is -1.00. The van der Waals surface area contributed by atoms with Crippen molar-refractivity contribution in [3.8, 4) is 0 Å². The molecule has 4 heteroatoms. The molecule has 1 saturated heterocycles. The van der Waals surface area contributed by atoms with E-state index < -0.39 is 0 Å². The van der Waals surface area contributed by atoms with Crippen molar-refractivity contribution in [1.82, 2.24) is 4.90 Å². The van der Waals surface area contributed by atoms with Crippen molar-refractivity contribution in [3.05, 3.63) is 29.3 Å². The number of benzene rings is 1. The highest BCUT2D eigenvalue weighted by molar-refractivity contribution is 7.80. The first-order chi connectivity index (χ1) is 9.16. The number of hydrogen-bond donors (Lipinski definition) is 1. The Morgan fingerprint density at radius 1 is 1.42 bits per heavy atom. The van der Waals surface area contributed by atoms with Gasteiger partial charge in [0, 0.05) is 17.0 Å². The first kappa shape index (κ1) is 13.0. The van der Waals surface area contributed by atoms with E-state index in [1.54, 1.807) is 0 Å². The molecule has 0 bridgehead atoms. The van der Waals surface area contributed by atoms with Gasteiger partial charge in [0.25, 0.3) is 5.91 Å². The zero-order valence-electron chi connectivity index (χ0n) is 11.1. The van der Waals surface area contributed by atoms with Gasteiger partial charge in [0.1, 0.15) is 0 Å². The Morgan fingerprint density at radius 2 is 2.26 bits per heavy atom. The third-order valence-electron chi connectivity index (χ3n) is 4.19. The van der Waals surface area contributed by atoms with Gasteiger partial charge in [0.15, 0.2) is 0 Å². The summed E-state index contributed by atoms with van der Waals surface area (Å²) < 4.78 is 5.76. The molecule has 3 nitrogen and oxygen atoms in total. The first-order valence-electron chi connectivity index (χ1n) is 6.89. The largest absolute Gasteiger partial charge is 0.374 e. The van der Waals surface area contributed by atoms with E-state index in [2.05, 4.69) is 12.6 Å². The van der Waals surface area contributed by atoms with Gasteiger partial charge in [-0.1, -0.05) is 6.07 Å². The number of nitrogens with zero attached hydrogens (tertiary/aromatic N) is 1. The minimum Gasteiger partial charge on any atom is -0.374 e. The summed E-state index contributed by atoms with van der Waals surface area (Å²) in [4.78, 5) is 15.6. The molecule has 0 N–H and O–H groups in total. The molecule has 19 heavy (non-hydrogen) atoms. The lowest BCUT2D eigenvalue weighted by atomic mass is 10.0. The summed E-state index contributed by atoms with van der Waals surface area (Å²) >= 11 is 4.34. The van der Waals surface area contributed by atoms with Crippen LogP contribution in [0.1, 0.15) is 35.2 Å². The molecule has 102 valence electrons. The van der Waals surface area contributed by atoms with Gasteiger partial charge in [-0.05, 0) is 43.9 Å². The molecule has 2 aliphatic rings. The maximum atomic E-state index is 12.8. The molecule has 1 heterocycles. The fourth-order valence-corrected chi connectivity index (χ4v) is 3.38. The number of morpholine rings is 1. The lowest BCUT2D eigenvalue weighted by Gasteiger charge is -2.38. The van der Waals surface area contributed by atoms with Crippen molar-refractivity contribution < 1.29 is 9.53 Å². The summed E-state index contributed by atoms with van der Waals surface area (Å²) in [6.07, 6.45) is 3.55. The molecule has 0 aromatic heterocycles. The lowest BCUT2D eigenvalue weighted by Crippen LogP contribution is -2.51. The van der Waals surface area contributed by atoms with Crippen LogP contribution in [-0.2, 0) is 4.74 Å². The molecule has 1 aliphatic carbocycles. The molecule has 0 radical (unpaired) electrons. The van der Waals surface area contributed by atoms with Crippen molar-refractivity contribution in [2.24, 2.45) is 0 Å². The standard InChI is InChI=1S/C15H19NO2S/c1-10-5-6-11(19)9-12(10)15(17)16-7-8-18-14-4-2-3-13(14)16/h5-6,9,13-14,19H,2-4,7-8H2,1H3. The van der Waals surface area contributed by atoms with E-state index in [0.29, 0.717) is 13.2 Å². The van der Waals surface area contributed by atoms with E-state index in [1.165, 1.54) is 0 Å². The van der Waals surface area contributed by atoms with Crippen LogP contribution >= 0.6 is 12.6 Å². The van der Waals surface area contributed by atoms with E-state index in [0.717, 1.165) is 35.3 Å². The second-order valence-corrected chi connectivity index (χ2v) is 5.92. The van der Waals surface area contributed by atoms with Gasteiger partial charge in [-0.3, -0.25) is 4.79 Å². The third kappa shape index (κ3) is 2.39. The number of amides is 1. The second kappa shape index (κ2) is 5.17. The van der Waals surface area contributed by atoms with Crippen LogP contribution in [0, 0.1) is 6.92 Å². The summed E-state index contributed by atoms with van der Waals surface area (Å²) in [5, 5.41) is 0. The van der Waals surface area contributed by atoms with Gasteiger partial charge in [-0.2, -0.15) is 0 Å². The van der Waals surface area contributed by atoms with Crippen LogP contribution in [0.4, 0.5) is 0 Å². The SMILES string of the molecule is Cc1ccc(S)cc1C(=O)N1CCOC2CCCC21. The van der Waals surface area contributed by atoms with Crippen LogP contribution in [0.25, 0.3) is 0 Å². The Morgan fingerprint density at radius 3 is 3.11 bits per heavy atom. The number of hydrogen-bond acceptors (Lipinski definition) is 3. The zero-order valence-corrected chi connectivity index (χ0v) is 12.0. The average molecular weight is 277 g/mol. The molecule has 0 spiro atoms. The molecule has 1 aromatic rings. The van der Waals surface area contributed by atoms with Gasteiger partial charge in [0.05, 0.1) is 18.8 Å². The molecular formula is C15H19NO2S. The number of rotatable bonds is 1. The molecule has 1 saturated carbocycles. The maximum Gasteiger partial charge on any atom is 0.254 e. The average Bonchev–Trinajstić information content (AvgIpc) is 2.89. The van der Waals surface area contributed by atoms with Gasteiger partial charge in [-0.25, -0.2) is 0 Å². The molecule has 3 rings (SSSR count). The van der Waals surface area contributed by atoms with E-state index in [1.807, 2.05) is 30.0 Å². The predicted octanol–water partition coefficient (Wildman–Crippen LogP) is 2.68. The second-order valence-electron chi connectivity index (χ2n) is 5.41. The zero-order chi connectivity index (χ0) is 13.4. The van der Waals surface area contributed by atoms with Crippen LogP contribution in [0.5, 0.6) is 0 Å². The van der Waals surface area contributed by atoms with Gasteiger partial charge in [-0.15, -0.1) is 12.6 Å². The fourth-order valence-electron chi connectivity index (χ4n) is 3.17. The molecule has 1 aliphatic heterocycles. The van der Waals surface area contributed by atoms with Crippen molar-refractivity contribution in [1.29, 1.82) is 0 Å². The highest BCUT2D eigenvalue weighted by Gasteiger charge is 2.38. The summed E-state index contributed by atoms with van der Waals surface area (Å²) in [5.74, 6) is 0.133. The molecule has 1 amide bonds. The quantitative estimate of drug-likeness (QED) is 0.800. The molecule has 2 atom stereocenters. The van der Waals surface area contributed by atoms with Crippen molar-refractivity contribution >= 4 is 18.5 Å². The van der Waals surface area contributed by atoms with Gasteiger partial charge < -0.3 is 9.64 Å². The van der Waals surface area contributed by atoms with E-state index in [9.17, 15) is 4.79 Å². The highest BCUT2D eigenvalue weighted by atomic mass is 32.1. The van der Waals surface area contributed by atoms with Crippen LogP contribution in [0.3, 0.4) is 0 Å². The van der Waals surface area contributed by atoms with E-state index in [4.69, 9.17) is 4.74 Å². The van der Waals surface area contributed by atoms with Crippen LogP contribution in [-0.4, -0.2) is 36.1 Å². The summed E-state index contributed by atoms with van der Waals surface area (Å²) in [7, 11) is 0. The monoisotopic (exact) mass is 277 g/mol. The van der Waals surface area contributed by atoms with E-state index in [-0.39, 0.29) is 18.1 Å². The van der Waals surface area contributed by atoms with Crippen molar-refractivity contribution in [2.45, 2.75) is 43.2 Å². The summed E-state index contributed by atoms with van der Waals surface area (Å²) in [6.45, 7) is 3.34. The number of thiol groups is 1. The number of carbonyl (C=O) groups excluding carboxylic acids is 1. The minimum atomic E-state index is 0.133. The first-order valence-corrected chi connectivity index (χ1v) is 7.34.